The highest BCUT2D eigenvalue weighted by molar-refractivity contribution is 5.82. The molecule has 0 aromatic rings. The summed E-state index contributed by atoms with van der Waals surface area (Å²) >= 11 is 0. The molecule has 1 saturated heterocycles. The zero-order valence-corrected chi connectivity index (χ0v) is 11.6. The predicted octanol–water partition coefficient (Wildman–Crippen LogP) is 1.14. The molecule has 0 radical (unpaired) electrons. The molecule has 0 bridgehead atoms. The van der Waals surface area contributed by atoms with Gasteiger partial charge in [-0.3, -0.25) is 4.79 Å². The lowest BCUT2D eigenvalue weighted by Gasteiger charge is -2.38. The second-order valence-corrected chi connectivity index (χ2v) is 6.53. The van der Waals surface area contributed by atoms with E-state index < -0.39 is 0 Å². The van der Waals surface area contributed by atoms with Crippen LogP contribution in [0.25, 0.3) is 0 Å². The average Bonchev–Trinajstić information content (AvgIpc) is 3.07. The van der Waals surface area contributed by atoms with E-state index in [0.717, 1.165) is 32.4 Å². The van der Waals surface area contributed by atoms with E-state index in [1.807, 2.05) is 4.90 Å². The summed E-state index contributed by atoms with van der Waals surface area (Å²) in [4.78, 5) is 14.4. The van der Waals surface area contributed by atoms with Crippen LogP contribution in [0.15, 0.2) is 0 Å². The molecule has 2 fully saturated rings. The van der Waals surface area contributed by atoms with E-state index in [0.29, 0.717) is 6.04 Å². The van der Waals surface area contributed by atoms with Gasteiger partial charge in [-0.2, -0.15) is 0 Å². The third kappa shape index (κ3) is 3.69. The van der Waals surface area contributed by atoms with Crippen molar-refractivity contribution in [1.29, 1.82) is 0 Å². The summed E-state index contributed by atoms with van der Waals surface area (Å²) in [5.41, 5.74) is 0.00583. The van der Waals surface area contributed by atoms with Crippen molar-refractivity contribution in [3.8, 4) is 0 Å². The number of nitrogens with zero attached hydrogens (tertiary/aromatic N) is 1. The molecule has 1 saturated carbocycles. The van der Waals surface area contributed by atoms with E-state index in [4.69, 9.17) is 5.11 Å². The predicted molar refractivity (Wildman–Crippen MR) is 71.2 cm³/mol. The maximum Gasteiger partial charge on any atom is 0.239 e. The summed E-state index contributed by atoms with van der Waals surface area (Å²) in [6.07, 6.45) is 5.26. The number of hydrogen-bond donors (Lipinski definition) is 2. The van der Waals surface area contributed by atoms with Gasteiger partial charge in [0.15, 0.2) is 0 Å². The van der Waals surface area contributed by atoms with Crippen LogP contribution in [0, 0.1) is 5.41 Å². The lowest BCUT2D eigenvalue weighted by atomic mass is 9.88. The van der Waals surface area contributed by atoms with Crippen molar-refractivity contribution >= 4 is 5.91 Å². The average molecular weight is 254 g/mol. The summed E-state index contributed by atoms with van der Waals surface area (Å²) in [5, 5.41) is 12.5. The van der Waals surface area contributed by atoms with E-state index in [9.17, 15) is 4.79 Å². The zero-order chi connectivity index (χ0) is 13.2. The maximum atomic E-state index is 12.4. The number of piperidine rings is 1. The smallest absolute Gasteiger partial charge is 0.239 e. The first-order chi connectivity index (χ1) is 8.52. The number of amides is 1. The number of hydrogen-bond acceptors (Lipinski definition) is 3. The van der Waals surface area contributed by atoms with Gasteiger partial charge in [0.2, 0.25) is 5.91 Å². The van der Waals surface area contributed by atoms with Crippen LogP contribution in [0.2, 0.25) is 0 Å². The first-order valence-electron chi connectivity index (χ1n) is 7.17. The highest BCUT2D eigenvalue weighted by Crippen LogP contribution is 2.26. The molecule has 4 nitrogen and oxygen atoms in total. The maximum absolute atomic E-state index is 12.4. The number of likely N-dealkylation sites (tertiary alicyclic amines) is 1. The second kappa shape index (κ2) is 5.57. The Morgan fingerprint density at radius 3 is 2.72 bits per heavy atom. The quantitative estimate of drug-likeness (QED) is 0.747. The Morgan fingerprint density at radius 1 is 1.39 bits per heavy atom. The Kier molecular flexibility index (Phi) is 4.28. The molecule has 1 aliphatic heterocycles. The molecule has 0 aromatic carbocycles. The molecule has 104 valence electrons. The van der Waals surface area contributed by atoms with Gasteiger partial charge in [0.1, 0.15) is 0 Å². The summed E-state index contributed by atoms with van der Waals surface area (Å²) in [6.45, 7) is 6.06. The van der Waals surface area contributed by atoms with Gasteiger partial charge in [0.25, 0.3) is 0 Å². The molecule has 2 rings (SSSR count). The van der Waals surface area contributed by atoms with E-state index in [-0.39, 0.29) is 24.0 Å². The molecule has 4 heteroatoms. The van der Waals surface area contributed by atoms with Crippen molar-refractivity contribution in [2.45, 2.75) is 58.0 Å². The molecule has 1 aliphatic carbocycles. The molecule has 0 aromatic heterocycles. The number of aliphatic hydroxyl groups excluding tert-OH is 1. The third-order valence-corrected chi connectivity index (χ3v) is 3.95. The van der Waals surface area contributed by atoms with Gasteiger partial charge in [-0.25, -0.2) is 0 Å². The number of carbonyl (C=O) groups excluding carboxylic acids is 1. The Morgan fingerprint density at radius 2 is 2.11 bits per heavy atom. The van der Waals surface area contributed by atoms with Gasteiger partial charge >= 0.3 is 0 Å². The van der Waals surface area contributed by atoms with Crippen LogP contribution in [0.4, 0.5) is 0 Å². The van der Waals surface area contributed by atoms with Crippen LogP contribution in [0.1, 0.15) is 46.0 Å². The number of nitrogens with one attached hydrogen (secondary N) is 1. The van der Waals surface area contributed by atoms with Crippen LogP contribution in [-0.4, -0.2) is 47.7 Å². The molecular weight excluding hydrogens is 228 g/mol. The summed E-state index contributed by atoms with van der Waals surface area (Å²) in [7, 11) is 0. The first kappa shape index (κ1) is 13.8. The van der Waals surface area contributed by atoms with Gasteiger partial charge in [-0.15, -0.1) is 0 Å². The van der Waals surface area contributed by atoms with Crippen molar-refractivity contribution < 1.29 is 9.90 Å². The lowest BCUT2D eigenvalue weighted by molar-refractivity contribution is -0.137. The first-order valence-corrected chi connectivity index (χ1v) is 7.17. The molecule has 2 aliphatic rings. The van der Waals surface area contributed by atoms with Crippen molar-refractivity contribution in [2.75, 3.05) is 19.7 Å². The number of aliphatic hydroxyl groups is 1. The summed E-state index contributed by atoms with van der Waals surface area (Å²) < 4.78 is 0. The number of rotatable bonds is 6. The monoisotopic (exact) mass is 254 g/mol. The third-order valence-electron chi connectivity index (χ3n) is 3.95. The van der Waals surface area contributed by atoms with Crippen LogP contribution >= 0.6 is 0 Å². The minimum Gasteiger partial charge on any atom is -0.396 e. The fraction of sp³-hybridized carbons (Fsp3) is 0.929. The van der Waals surface area contributed by atoms with Crippen LogP contribution in [0.5, 0.6) is 0 Å². The molecule has 1 amide bonds. The van der Waals surface area contributed by atoms with Gasteiger partial charge in [0.05, 0.1) is 6.04 Å². The van der Waals surface area contributed by atoms with E-state index >= 15 is 0 Å². The fourth-order valence-corrected chi connectivity index (χ4v) is 2.68. The molecule has 1 heterocycles. The van der Waals surface area contributed by atoms with E-state index in [2.05, 4.69) is 19.2 Å². The van der Waals surface area contributed by atoms with E-state index in [1.165, 1.54) is 12.8 Å². The molecule has 1 atom stereocenters. The number of carbonyl (C=O) groups is 1. The van der Waals surface area contributed by atoms with Crippen molar-refractivity contribution in [2.24, 2.45) is 5.41 Å². The second-order valence-electron chi connectivity index (χ2n) is 6.53. The van der Waals surface area contributed by atoms with Crippen LogP contribution < -0.4 is 5.32 Å². The summed E-state index contributed by atoms with van der Waals surface area (Å²) in [6, 6.07) is 0.625. The van der Waals surface area contributed by atoms with Crippen LogP contribution in [-0.2, 0) is 4.79 Å². The highest BCUT2D eigenvalue weighted by Gasteiger charge is 2.35. The van der Waals surface area contributed by atoms with Gasteiger partial charge in [0, 0.05) is 25.7 Å². The van der Waals surface area contributed by atoms with Crippen molar-refractivity contribution in [3.05, 3.63) is 0 Å². The molecular formula is C14H26N2O2. The minimum atomic E-state index is 0.00583. The minimum absolute atomic E-state index is 0.00583. The molecule has 0 spiro atoms. The van der Waals surface area contributed by atoms with Crippen molar-refractivity contribution in [1.82, 2.24) is 10.2 Å². The topological polar surface area (TPSA) is 52.6 Å². The Hall–Kier alpha value is -0.610. The van der Waals surface area contributed by atoms with E-state index in [1.54, 1.807) is 0 Å². The standard InChI is InChI=1S/C14H26N2O2/c1-14(2,7-9-17)10-16-8-3-4-12(13(16)18)15-11-5-6-11/h11-12,15,17H,3-10H2,1-2H3. The molecule has 1 unspecified atom stereocenters. The normalized spacial score (nSPS) is 25.6. The Balaban J connectivity index is 1.88. The molecule has 2 N–H and O–H groups in total. The highest BCUT2D eigenvalue weighted by atomic mass is 16.3. The van der Waals surface area contributed by atoms with Gasteiger partial charge in [-0.1, -0.05) is 13.8 Å². The zero-order valence-electron chi connectivity index (χ0n) is 11.6. The lowest BCUT2D eigenvalue weighted by Crippen LogP contribution is -2.53. The van der Waals surface area contributed by atoms with Gasteiger partial charge < -0.3 is 15.3 Å². The van der Waals surface area contributed by atoms with Crippen LogP contribution in [0.3, 0.4) is 0 Å². The Labute approximate surface area is 110 Å². The molecule has 18 heavy (non-hydrogen) atoms. The van der Waals surface area contributed by atoms with Crippen molar-refractivity contribution in [3.63, 3.8) is 0 Å². The van der Waals surface area contributed by atoms with Gasteiger partial charge in [-0.05, 0) is 37.5 Å². The largest absolute Gasteiger partial charge is 0.396 e. The fourth-order valence-electron chi connectivity index (χ4n) is 2.68. The SMILES string of the molecule is CC(C)(CCO)CN1CCCC(NC2CC2)C1=O. The summed E-state index contributed by atoms with van der Waals surface area (Å²) in [5.74, 6) is 0.263. The Bertz CT molecular complexity index is 300.